The first kappa shape index (κ1) is 12.0. The molecular weight excluding hydrogens is 207 g/mol. The van der Waals surface area contributed by atoms with Gasteiger partial charge in [-0.15, -0.1) is 0 Å². The Morgan fingerprint density at radius 1 is 1.25 bits per heavy atom. The lowest BCUT2D eigenvalue weighted by Crippen LogP contribution is -2.24. The highest BCUT2D eigenvalue weighted by atomic mass is 19.1. The average molecular weight is 218 g/mol. The highest BCUT2D eigenvalue weighted by molar-refractivity contribution is 5.46. The van der Waals surface area contributed by atoms with Crippen molar-refractivity contribution in [3.05, 3.63) is 29.6 Å². The van der Waals surface area contributed by atoms with Crippen LogP contribution in [0.3, 0.4) is 0 Å². The van der Waals surface area contributed by atoms with Crippen LogP contribution in [0.15, 0.2) is 18.2 Å². The van der Waals surface area contributed by atoms with E-state index >= 15 is 0 Å². The van der Waals surface area contributed by atoms with E-state index in [9.17, 15) is 4.39 Å². The molecule has 16 heavy (non-hydrogen) atoms. The maximum absolute atomic E-state index is 13.0. The van der Waals surface area contributed by atoms with Crippen molar-refractivity contribution >= 4 is 5.69 Å². The Labute approximate surface area is 93.3 Å². The predicted octanol–water partition coefficient (Wildman–Crippen LogP) is 1.26. The summed E-state index contributed by atoms with van der Waals surface area (Å²) in [5.74, 6) is -0.377. The van der Waals surface area contributed by atoms with Crippen LogP contribution in [-0.4, -0.2) is 18.0 Å². The summed E-state index contributed by atoms with van der Waals surface area (Å²) in [6.07, 6.45) is 0. The van der Waals surface area contributed by atoms with Gasteiger partial charge >= 0.3 is 0 Å². The molecule has 0 radical (unpaired) electrons. The SMILES string of the molecule is N#CCN(CC#N)Cc1cc(F)ccc1N. The van der Waals surface area contributed by atoms with E-state index in [0.717, 1.165) is 0 Å². The molecule has 0 unspecified atom stereocenters. The van der Waals surface area contributed by atoms with Crippen LogP contribution in [0.2, 0.25) is 0 Å². The van der Waals surface area contributed by atoms with Crippen LogP contribution in [0.4, 0.5) is 10.1 Å². The van der Waals surface area contributed by atoms with Crippen LogP contribution in [0.25, 0.3) is 0 Å². The molecule has 2 N–H and O–H groups in total. The molecule has 0 spiro atoms. The lowest BCUT2D eigenvalue weighted by atomic mass is 10.1. The molecule has 0 aliphatic rings. The molecular formula is C11H11FN4. The summed E-state index contributed by atoms with van der Waals surface area (Å²) in [5.41, 5.74) is 6.72. The predicted molar refractivity (Wildman–Crippen MR) is 57.3 cm³/mol. The molecule has 4 nitrogen and oxygen atoms in total. The van der Waals surface area contributed by atoms with Gasteiger partial charge in [0, 0.05) is 12.2 Å². The zero-order valence-electron chi connectivity index (χ0n) is 8.65. The zero-order valence-corrected chi connectivity index (χ0v) is 8.65. The summed E-state index contributed by atoms with van der Waals surface area (Å²) in [7, 11) is 0. The lowest BCUT2D eigenvalue weighted by Gasteiger charge is -2.16. The third-order valence-corrected chi connectivity index (χ3v) is 2.09. The van der Waals surface area contributed by atoms with Gasteiger partial charge in [-0.1, -0.05) is 0 Å². The third-order valence-electron chi connectivity index (χ3n) is 2.09. The van der Waals surface area contributed by atoms with Gasteiger partial charge in [-0.05, 0) is 23.8 Å². The van der Waals surface area contributed by atoms with Crippen LogP contribution in [0.1, 0.15) is 5.56 Å². The van der Waals surface area contributed by atoms with E-state index in [0.29, 0.717) is 17.8 Å². The minimum Gasteiger partial charge on any atom is -0.398 e. The number of halogens is 1. The normalized spacial score (nSPS) is 9.75. The summed E-state index contributed by atoms with van der Waals surface area (Å²) >= 11 is 0. The van der Waals surface area contributed by atoms with E-state index in [1.807, 2.05) is 12.1 Å². The van der Waals surface area contributed by atoms with E-state index in [1.54, 1.807) is 4.90 Å². The van der Waals surface area contributed by atoms with Gasteiger partial charge in [-0.3, -0.25) is 4.90 Å². The fourth-order valence-corrected chi connectivity index (χ4v) is 1.32. The van der Waals surface area contributed by atoms with Crippen molar-refractivity contribution in [3.8, 4) is 12.1 Å². The first-order valence-electron chi connectivity index (χ1n) is 4.67. The molecule has 0 saturated heterocycles. The van der Waals surface area contributed by atoms with E-state index in [2.05, 4.69) is 0 Å². The van der Waals surface area contributed by atoms with Gasteiger partial charge in [0.25, 0.3) is 0 Å². The second-order valence-corrected chi connectivity index (χ2v) is 3.30. The quantitative estimate of drug-likeness (QED) is 0.609. The molecule has 0 aromatic heterocycles. The molecule has 1 aromatic rings. The minimum absolute atomic E-state index is 0.115. The van der Waals surface area contributed by atoms with Crippen LogP contribution in [0.5, 0.6) is 0 Å². The van der Waals surface area contributed by atoms with Crippen LogP contribution < -0.4 is 5.73 Å². The van der Waals surface area contributed by atoms with Crippen LogP contribution in [-0.2, 0) is 6.54 Å². The molecule has 0 aliphatic heterocycles. The zero-order chi connectivity index (χ0) is 12.0. The van der Waals surface area contributed by atoms with Gasteiger partial charge in [0.2, 0.25) is 0 Å². The number of anilines is 1. The molecule has 0 fully saturated rings. The Kier molecular flexibility index (Phi) is 4.26. The van der Waals surface area contributed by atoms with E-state index < -0.39 is 0 Å². The second kappa shape index (κ2) is 5.69. The van der Waals surface area contributed by atoms with E-state index in [-0.39, 0.29) is 18.9 Å². The van der Waals surface area contributed by atoms with Crippen molar-refractivity contribution in [2.45, 2.75) is 6.54 Å². The van der Waals surface area contributed by atoms with Gasteiger partial charge in [0.05, 0.1) is 25.2 Å². The number of hydrogen-bond donors (Lipinski definition) is 1. The maximum Gasteiger partial charge on any atom is 0.123 e. The smallest absolute Gasteiger partial charge is 0.123 e. The van der Waals surface area contributed by atoms with Crippen LogP contribution >= 0.6 is 0 Å². The number of nitrogen functional groups attached to an aromatic ring is 1. The topological polar surface area (TPSA) is 76.8 Å². The molecule has 82 valence electrons. The number of hydrogen-bond acceptors (Lipinski definition) is 4. The van der Waals surface area contributed by atoms with Crippen LogP contribution in [0, 0.1) is 28.5 Å². The summed E-state index contributed by atoms with van der Waals surface area (Å²) in [5, 5.41) is 17.1. The fourth-order valence-electron chi connectivity index (χ4n) is 1.32. The Morgan fingerprint density at radius 3 is 2.44 bits per heavy atom. The standard InChI is InChI=1S/C11H11FN4/c12-10-1-2-11(15)9(7-10)8-16(5-3-13)6-4-14/h1-2,7H,5-6,8,15H2. The van der Waals surface area contributed by atoms with E-state index in [4.69, 9.17) is 16.3 Å². The van der Waals surface area contributed by atoms with Crippen molar-refractivity contribution in [3.63, 3.8) is 0 Å². The minimum atomic E-state index is -0.377. The van der Waals surface area contributed by atoms with Crippen molar-refractivity contribution in [1.29, 1.82) is 10.5 Å². The molecule has 0 heterocycles. The number of benzene rings is 1. The van der Waals surface area contributed by atoms with Crippen molar-refractivity contribution < 1.29 is 4.39 Å². The summed E-state index contributed by atoms with van der Waals surface area (Å²) in [6, 6.07) is 7.96. The second-order valence-electron chi connectivity index (χ2n) is 3.30. The van der Waals surface area contributed by atoms with Crippen molar-refractivity contribution in [2.24, 2.45) is 0 Å². The van der Waals surface area contributed by atoms with E-state index in [1.165, 1.54) is 18.2 Å². The summed E-state index contributed by atoms with van der Waals surface area (Å²) in [4.78, 5) is 1.59. The highest BCUT2D eigenvalue weighted by Gasteiger charge is 2.08. The molecule has 0 saturated carbocycles. The summed E-state index contributed by atoms with van der Waals surface area (Å²) in [6.45, 7) is 0.526. The Hall–Kier alpha value is -2.11. The average Bonchev–Trinajstić information content (AvgIpc) is 2.24. The molecule has 0 aliphatic carbocycles. The number of rotatable bonds is 4. The monoisotopic (exact) mass is 218 g/mol. The Balaban J connectivity index is 2.81. The molecule has 5 heteroatoms. The number of nitrogens with two attached hydrogens (primary N) is 1. The fraction of sp³-hybridized carbons (Fsp3) is 0.273. The summed E-state index contributed by atoms with van der Waals surface area (Å²) < 4.78 is 13.0. The van der Waals surface area contributed by atoms with Gasteiger partial charge in [-0.25, -0.2) is 4.39 Å². The molecule has 0 bridgehead atoms. The largest absolute Gasteiger partial charge is 0.398 e. The van der Waals surface area contributed by atoms with Crippen molar-refractivity contribution in [2.75, 3.05) is 18.8 Å². The van der Waals surface area contributed by atoms with Gasteiger partial charge in [0.15, 0.2) is 0 Å². The molecule has 0 atom stereocenters. The molecule has 1 aromatic carbocycles. The third kappa shape index (κ3) is 3.23. The number of nitriles is 2. The maximum atomic E-state index is 13.0. The Morgan fingerprint density at radius 2 is 1.88 bits per heavy atom. The number of nitrogens with zero attached hydrogens (tertiary/aromatic N) is 3. The molecule has 1 rings (SSSR count). The van der Waals surface area contributed by atoms with Crippen molar-refractivity contribution in [1.82, 2.24) is 4.90 Å². The van der Waals surface area contributed by atoms with Gasteiger partial charge in [-0.2, -0.15) is 10.5 Å². The van der Waals surface area contributed by atoms with Gasteiger partial charge < -0.3 is 5.73 Å². The first-order chi connectivity index (χ1) is 7.67. The highest BCUT2D eigenvalue weighted by Crippen LogP contribution is 2.15. The Bertz CT molecular complexity index is 428. The lowest BCUT2D eigenvalue weighted by molar-refractivity contribution is 0.335. The van der Waals surface area contributed by atoms with Gasteiger partial charge in [0.1, 0.15) is 5.82 Å². The first-order valence-corrected chi connectivity index (χ1v) is 4.67. The molecule has 0 amide bonds.